The molecule has 2 aromatic carbocycles. The lowest BCUT2D eigenvalue weighted by molar-refractivity contribution is 0.0534. The van der Waals surface area contributed by atoms with E-state index >= 15 is 0 Å². The molecule has 3 N–H and O–H groups in total. The Balaban J connectivity index is 2.49. The minimum atomic E-state index is -0.881. The largest absolute Gasteiger partial charge is 0.491 e. The van der Waals surface area contributed by atoms with E-state index in [1.807, 2.05) is 26.8 Å². The second-order valence-corrected chi connectivity index (χ2v) is 9.78. The SMILES string of the molecule is CC/C(=C/C(O)(CC)CC)c1ccc(C(CC)(CC)c2ccc(OC[C@@H](O)CO)c(C)c2)cc1C. The zero-order chi connectivity index (χ0) is 26.2. The summed E-state index contributed by atoms with van der Waals surface area (Å²) in [6.07, 6.45) is 5.40. The molecular formula is C31H46O4. The highest BCUT2D eigenvalue weighted by atomic mass is 16.5. The van der Waals surface area contributed by atoms with Crippen LogP contribution in [-0.4, -0.2) is 40.2 Å². The molecule has 2 aromatic rings. The average Bonchev–Trinajstić information content (AvgIpc) is 2.87. The molecule has 4 heteroatoms. The van der Waals surface area contributed by atoms with Gasteiger partial charge in [-0.1, -0.05) is 65.0 Å². The summed E-state index contributed by atoms with van der Waals surface area (Å²) in [5.41, 5.74) is 6.31. The third kappa shape index (κ3) is 6.55. The number of aliphatic hydroxyl groups is 3. The standard InChI is InChI=1S/C31H46O4/c1-8-24(19-30(34,9-2)10-3)28-15-13-25(17-22(28)6)31(11-4,12-5)26-14-16-29(23(7)18-26)35-21-27(33)20-32/h13-19,27,32-34H,8-12,20-21H2,1-7H3/b24-19-/t27-/m0/s1. The Hall–Kier alpha value is -2.14. The van der Waals surface area contributed by atoms with E-state index in [1.165, 1.54) is 27.8 Å². The molecule has 0 fully saturated rings. The third-order valence-corrected chi connectivity index (χ3v) is 7.75. The van der Waals surface area contributed by atoms with E-state index in [0.717, 1.165) is 30.6 Å². The van der Waals surface area contributed by atoms with Crippen LogP contribution in [0.25, 0.3) is 5.57 Å². The molecule has 0 heterocycles. The smallest absolute Gasteiger partial charge is 0.122 e. The molecule has 1 atom stereocenters. The minimum absolute atomic E-state index is 0.0719. The maximum atomic E-state index is 10.9. The summed E-state index contributed by atoms with van der Waals surface area (Å²) in [6, 6.07) is 13.1. The molecule has 194 valence electrons. The number of hydrogen-bond acceptors (Lipinski definition) is 4. The quantitative estimate of drug-likeness (QED) is 0.305. The van der Waals surface area contributed by atoms with Crippen LogP contribution in [0, 0.1) is 13.8 Å². The molecule has 0 aromatic heterocycles. The summed E-state index contributed by atoms with van der Waals surface area (Å²) in [6.45, 7) is 14.7. The van der Waals surface area contributed by atoms with Crippen LogP contribution in [0.4, 0.5) is 0 Å². The second kappa shape index (κ2) is 12.7. The zero-order valence-electron chi connectivity index (χ0n) is 22.8. The lowest BCUT2D eigenvalue weighted by Crippen LogP contribution is -2.27. The van der Waals surface area contributed by atoms with Crippen molar-refractivity contribution in [3.05, 3.63) is 70.3 Å². The van der Waals surface area contributed by atoms with Crippen molar-refractivity contribution in [1.82, 2.24) is 0 Å². The number of rotatable bonds is 13. The average molecular weight is 483 g/mol. The Morgan fingerprint density at radius 1 is 0.886 bits per heavy atom. The van der Waals surface area contributed by atoms with Crippen molar-refractivity contribution >= 4 is 5.57 Å². The van der Waals surface area contributed by atoms with E-state index in [9.17, 15) is 10.2 Å². The van der Waals surface area contributed by atoms with Gasteiger partial charge >= 0.3 is 0 Å². The highest BCUT2D eigenvalue weighted by molar-refractivity contribution is 5.69. The lowest BCUT2D eigenvalue weighted by Gasteiger charge is -2.34. The molecule has 0 saturated heterocycles. The van der Waals surface area contributed by atoms with E-state index in [4.69, 9.17) is 9.84 Å². The fourth-order valence-corrected chi connectivity index (χ4v) is 5.05. The van der Waals surface area contributed by atoms with Gasteiger partial charge in [0, 0.05) is 5.41 Å². The van der Waals surface area contributed by atoms with Crippen molar-refractivity contribution in [2.24, 2.45) is 0 Å². The van der Waals surface area contributed by atoms with Crippen LogP contribution in [0.1, 0.15) is 94.5 Å². The van der Waals surface area contributed by atoms with Gasteiger partial charge in [-0.05, 0) is 91.5 Å². The van der Waals surface area contributed by atoms with E-state index in [2.05, 4.69) is 64.1 Å². The predicted octanol–water partition coefficient (Wildman–Crippen LogP) is 6.49. The van der Waals surface area contributed by atoms with Gasteiger partial charge in [0.05, 0.1) is 12.2 Å². The molecule has 0 spiro atoms. The molecule has 0 saturated carbocycles. The normalized spacial score (nSPS) is 13.7. The van der Waals surface area contributed by atoms with Crippen molar-refractivity contribution < 1.29 is 20.1 Å². The van der Waals surface area contributed by atoms with Crippen LogP contribution < -0.4 is 4.74 Å². The van der Waals surface area contributed by atoms with Crippen LogP contribution >= 0.6 is 0 Å². The van der Waals surface area contributed by atoms with Gasteiger partial charge in [-0.15, -0.1) is 0 Å². The lowest BCUT2D eigenvalue weighted by atomic mass is 9.69. The Labute approximate surface area is 212 Å². The molecule has 0 aliphatic carbocycles. The molecule has 0 unspecified atom stereocenters. The highest BCUT2D eigenvalue weighted by Crippen LogP contribution is 2.41. The van der Waals surface area contributed by atoms with Crippen LogP contribution in [0.3, 0.4) is 0 Å². The van der Waals surface area contributed by atoms with Gasteiger partial charge in [0.2, 0.25) is 0 Å². The van der Waals surface area contributed by atoms with Crippen LogP contribution in [0.15, 0.2) is 42.5 Å². The summed E-state index contributed by atoms with van der Waals surface area (Å²) in [4.78, 5) is 0. The van der Waals surface area contributed by atoms with E-state index < -0.39 is 11.7 Å². The van der Waals surface area contributed by atoms with E-state index in [1.54, 1.807) is 0 Å². The summed E-state index contributed by atoms with van der Waals surface area (Å²) in [7, 11) is 0. The van der Waals surface area contributed by atoms with Crippen molar-refractivity contribution in [1.29, 1.82) is 0 Å². The van der Waals surface area contributed by atoms with Crippen LogP contribution in [0.5, 0.6) is 5.75 Å². The topological polar surface area (TPSA) is 69.9 Å². The van der Waals surface area contributed by atoms with E-state index in [-0.39, 0.29) is 18.6 Å². The summed E-state index contributed by atoms with van der Waals surface area (Å²) < 4.78 is 5.73. The van der Waals surface area contributed by atoms with Crippen molar-refractivity contribution in [3.8, 4) is 5.75 Å². The Kier molecular flexibility index (Phi) is 10.6. The Bertz CT molecular complexity index is 983. The third-order valence-electron chi connectivity index (χ3n) is 7.75. The molecule has 2 rings (SSSR count). The predicted molar refractivity (Wildman–Crippen MR) is 146 cm³/mol. The first-order chi connectivity index (χ1) is 16.6. The first-order valence-electron chi connectivity index (χ1n) is 13.2. The van der Waals surface area contributed by atoms with Gasteiger partial charge < -0.3 is 20.1 Å². The van der Waals surface area contributed by atoms with Crippen molar-refractivity contribution in [2.75, 3.05) is 13.2 Å². The maximum absolute atomic E-state index is 10.9. The molecule has 0 amide bonds. The zero-order valence-corrected chi connectivity index (χ0v) is 22.8. The second-order valence-electron chi connectivity index (χ2n) is 9.78. The van der Waals surface area contributed by atoms with Gasteiger partial charge in [0.15, 0.2) is 0 Å². The number of hydrogen-bond donors (Lipinski definition) is 3. The van der Waals surface area contributed by atoms with Crippen LogP contribution in [0.2, 0.25) is 0 Å². The number of ether oxygens (including phenoxy) is 1. The Morgan fingerprint density at radius 3 is 1.91 bits per heavy atom. The monoisotopic (exact) mass is 482 g/mol. The molecular weight excluding hydrogens is 436 g/mol. The molecule has 4 nitrogen and oxygen atoms in total. The van der Waals surface area contributed by atoms with Gasteiger partial charge in [0.1, 0.15) is 18.5 Å². The van der Waals surface area contributed by atoms with Gasteiger partial charge in [-0.3, -0.25) is 0 Å². The number of aliphatic hydroxyl groups excluding tert-OH is 2. The van der Waals surface area contributed by atoms with Gasteiger partial charge in [-0.2, -0.15) is 0 Å². The molecule has 0 aliphatic heterocycles. The number of allylic oxidation sites excluding steroid dienone is 1. The molecule has 0 radical (unpaired) electrons. The molecule has 0 aliphatic rings. The summed E-state index contributed by atoms with van der Waals surface area (Å²) in [5.74, 6) is 0.728. The van der Waals surface area contributed by atoms with Gasteiger partial charge in [0.25, 0.3) is 0 Å². The van der Waals surface area contributed by atoms with E-state index in [0.29, 0.717) is 12.8 Å². The fourth-order valence-electron chi connectivity index (χ4n) is 5.05. The Morgan fingerprint density at radius 2 is 1.46 bits per heavy atom. The van der Waals surface area contributed by atoms with Crippen molar-refractivity contribution in [3.63, 3.8) is 0 Å². The summed E-state index contributed by atoms with van der Waals surface area (Å²) >= 11 is 0. The number of aryl methyl sites for hydroxylation is 2. The van der Waals surface area contributed by atoms with Crippen LogP contribution in [-0.2, 0) is 5.41 Å². The first kappa shape index (κ1) is 29.1. The number of benzene rings is 2. The maximum Gasteiger partial charge on any atom is 0.122 e. The van der Waals surface area contributed by atoms with Gasteiger partial charge in [-0.25, -0.2) is 0 Å². The summed E-state index contributed by atoms with van der Waals surface area (Å²) in [5, 5.41) is 29.6. The van der Waals surface area contributed by atoms with Crippen molar-refractivity contribution in [2.45, 2.75) is 97.7 Å². The minimum Gasteiger partial charge on any atom is -0.491 e. The molecule has 35 heavy (non-hydrogen) atoms. The first-order valence-corrected chi connectivity index (χ1v) is 13.2. The molecule has 0 bridgehead atoms. The fraction of sp³-hybridized carbons (Fsp3) is 0.548. The highest BCUT2D eigenvalue weighted by Gasteiger charge is 2.32.